The molecule has 0 aliphatic rings. The Hall–Kier alpha value is -0.610. The van der Waals surface area contributed by atoms with Gasteiger partial charge in [0, 0.05) is 19.3 Å². The molecule has 2 N–H and O–H groups in total. The number of hydrogen-bond acceptors (Lipinski definition) is 3. The molecule has 4 heteroatoms. The largest absolute Gasteiger partial charge is 0.396 e. The topological polar surface area (TPSA) is 58.6 Å². The minimum atomic E-state index is -0.120. The number of nitrogens with one attached hydrogen (secondary N) is 1. The summed E-state index contributed by atoms with van der Waals surface area (Å²) in [4.78, 5) is 11.4. The lowest BCUT2D eigenvalue weighted by atomic mass is 9.85. The number of rotatable bonds is 6. The quantitative estimate of drug-likeness (QED) is 0.696. The second-order valence-electron chi connectivity index (χ2n) is 4.64. The normalized spacial score (nSPS) is 13.7. The van der Waals surface area contributed by atoms with Crippen molar-refractivity contribution in [1.82, 2.24) is 5.32 Å². The monoisotopic (exact) mass is 217 g/mol. The van der Waals surface area contributed by atoms with Crippen molar-refractivity contribution in [2.75, 3.05) is 19.8 Å². The third kappa shape index (κ3) is 6.47. The molecule has 0 aromatic carbocycles. The maximum absolute atomic E-state index is 11.4. The molecule has 0 aromatic rings. The highest BCUT2D eigenvalue weighted by Crippen LogP contribution is 2.21. The van der Waals surface area contributed by atoms with E-state index in [2.05, 4.69) is 5.32 Å². The van der Waals surface area contributed by atoms with E-state index >= 15 is 0 Å². The van der Waals surface area contributed by atoms with E-state index in [-0.39, 0.29) is 30.6 Å². The third-order valence-electron chi connectivity index (χ3n) is 2.24. The Bertz CT molecular complexity index is 187. The second kappa shape index (κ2) is 6.80. The predicted molar refractivity (Wildman–Crippen MR) is 59.6 cm³/mol. The van der Waals surface area contributed by atoms with E-state index in [1.54, 1.807) is 0 Å². The smallest absolute Gasteiger partial charge is 0.246 e. The molecule has 0 saturated carbocycles. The van der Waals surface area contributed by atoms with Crippen LogP contribution in [0.25, 0.3) is 0 Å². The number of ether oxygens (including phenoxy) is 1. The number of aliphatic hydroxyl groups excluding tert-OH is 1. The molecule has 0 heterocycles. The van der Waals surface area contributed by atoms with E-state index in [1.165, 1.54) is 0 Å². The van der Waals surface area contributed by atoms with Crippen molar-refractivity contribution >= 4 is 5.91 Å². The van der Waals surface area contributed by atoms with E-state index in [0.29, 0.717) is 13.0 Å². The van der Waals surface area contributed by atoms with Crippen molar-refractivity contribution in [3.8, 4) is 0 Å². The van der Waals surface area contributed by atoms with Crippen LogP contribution in [0.2, 0.25) is 0 Å². The van der Waals surface area contributed by atoms with Gasteiger partial charge in [0.25, 0.3) is 0 Å². The van der Waals surface area contributed by atoms with Crippen LogP contribution in [0.15, 0.2) is 0 Å². The maximum Gasteiger partial charge on any atom is 0.246 e. The average molecular weight is 217 g/mol. The Labute approximate surface area is 92.0 Å². The average Bonchev–Trinajstić information content (AvgIpc) is 2.12. The third-order valence-corrected chi connectivity index (χ3v) is 2.24. The number of aliphatic hydroxyl groups is 1. The summed E-state index contributed by atoms with van der Waals surface area (Å²) in [6.07, 6.45) is 0.571. The van der Waals surface area contributed by atoms with Gasteiger partial charge in [-0.1, -0.05) is 20.8 Å². The van der Waals surface area contributed by atoms with Crippen LogP contribution in [-0.2, 0) is 9.53 Å². The summed E-state index contributed by atoms with van der Waals surface area (Å²) in [5.74, 6) is -0.120. The van der Waals surface area contributed by atoms with E-state index in [0.717, 1.165) is 0 Å². The first-order chi connectivity index (χ1) is 6.91. The molecule has 0 aliphatic carbocycles. The zero-order chi connectivity index (χ0) is 11.9. The minimum Gasteiger partial charge on any atom is -0.396 e. The summed E-state index contributed by atoms with van der Waals surface area (Å²) in [5.41, 5.74) is -0.0510. The van der Waals surface area contributed by atoms with Gasteiger partial charge in [0.1, 0.15) is 6.61 Å². The van der Waals surface area contributed by atoms with Crippen LogP contribution >= 0.6 is 0 Å². The fourth-order valence-electron chi connectivity index (χ4n) is 1.28. The summed E-state index contributed by atoms with van der Waals surface area (Å²) in [7, 11) is 0. The van der Waals surface area contributed by atoms with Crippen LogP contribution in [0.1, 0.15) is 34.1 Å². The molecule has 15 heavy (non-hydrogen) atoms. The van der Waals surface area contributed by atoms with Crippen molar-refractivity contribution in [2.45, 2.75) is 40.2 Å². The van der Waals surface area contributed by atoms with E-state index in [1.807, 2.05) is 27.7 Å². The van der Waals surface area contributed by atoms with Crippen molar-refractivity contribution in [3.63, 3.8) is 0 Å². The van der Waals surface area contributed by atoms with Gasteiger partial charge in [-0.25, -0.2) is 0 Å². The van der Waals surface area contributed by atoms with Gasteiger partial charge in [-0.2, -0.15) is 0 Å². The van der Waals surface area contributed by atoms with Crippen LogP contribution in [0, 0.1) is 5.41 Å². The molecule has 4 nitrogen and oxygen atoms in total. The molecule has 0 spiro atoms. The van der Waals surface area contributed by atoms with Gasteiger partial charge in [0.2, 0.25) is 5.91 Å². The van der Waals surface area contributed by atoms with Crippen LogP contribution < -0.4 is 5.32 Å². The zero-order valence-corrected chi connectivity index (χ0v) is 10.2. The fourth-order valence-corrected chi connectivity index (χ4v) is 1.28. The molecule has 0 aromatic heterocycles. The number of carbonyl (C=O) groups excluding carboxylic acids is 1. The number of hydrogen-bond donors (Lipinski definition) is 2. The molecule has 0 fully saturated rings. The minimum absolute atomic E-state index is 0.0181. The van der Waals surface area contributed by atoms with Crippen molar-refractivity contribution < 1.29 is 14.6 Å². The SMILES string of the molecule is CCOCC(=O)NC(CCO)C(C)(C)C. The number of carbonyl (C=O) groups is 1. The maximum atomic E-state index is 11.4. The molecule has 1 unspecified atom stereocenters. The molecular formula is C11H23NO3. The Morgan fingerprint density at radius 1 is 1.47 bits per heavy atom. The van der Waals surface area contributed by atoms with Gasteiger partial charge < -0.3 is 15.2 Å². The van der Waals surface area contributed by atoms with Crippen LogP contribution in [0.4, 0.5) is 0 Å². The van der Waals surface area contributed by atoms with Gasteiger partial charge in [-0.3, -0.25) is 4.79 Å². The van der Waals surface area contributed by atoms with E-state index in [4.69, 9.17) is 9.84 Å². The van der Waals surface area contributed by atoms with E-state index in [9.17, 15) is 4.79 Å². The Balaban J connectivity index is 4.11. The lowest BCUT2D eigenvalue weighted by molar-refractivity contribution is -0.127. The molecule has 0 rings (SSSR count). The number of amides is 1. The Morgan fingerprint density at radius 3 is 2.47 bits per heavy atom. The highest BCUT2D eigenvalue weighted by molar-refractivity contribution is 5.77. The molecule has 1 atom stereocenters. The molecular weight excluding hydrogens is 194 g/mol. The molecule has 0 bridgehead atoms. The van der Waals surface area contributed by atoms with Gasteiger partial charge in [0.15, 0.2) is 0 Å². The molecule has 0 saturated heterocycles. The fraction of sp³-hybridized carbons (Fsp3) is 0.909. The lowest BCUT2D eigenvalue weighted by Crippen LogP contribution is -2.45. The molecule has 1 amide bonds. The first-order valence-electron chi connectivity index (χ1n) is 5.39. The summed E-state index contributed by atoms with van der Waals surface area (Å²) >= 11 is 0. The standard InChI is InChI=1S/C11H23NO3/c1-5-15-8-10(14)12-9(6-7-13)11(2,3)4/h9,13H,5-8H2,1-4H3,(H,12,14). The molecule has 0 radical (unpaired) electrons. The Morgan fingerprint density at radius 2 is 2.07 bits per heavy atom. The first kappa shape index (κ1) is 14.4. The van der Waals surface area contributed by atoms with Crippen molar-refractivity contribution in [2.24, 2.45) is 5.41 Å². The van der Waals surface area contributed by atoms with Gasteiger partial charge >= 0.3 is 0 Å². The van der Waals surface area contributed by atoms with Gasteiger partial charge in [0.05, 0.1) is 0 Å². The zero-order valence-electron chi connectivity index (χ0n) is 10.2. The lowest BCUT2D eigenvalue weighted by Gasteiger charge is -2.31. The summed E-state index contributed by atoms with van der Waals surface area (Å²) < 4.78 is 5.01. The summed E-state index contributed by atoms with van der Waals surface area (Å²) in [6.45, 7) is 8.66. The summed E-state index contributed by atoms with van der Waals surface area (Å²) in [5, 5.41) is 11.8. The second-order valence-corrected chi connectivity index (χ2v) is 4.64. The summed E-state index contributed by atoms with van der Waals surface area (Å²) in [6, 6.07) is -0.0181. The first-order valence-corrected chi connectivity index (χ1v) is 5.39. The van der Waals surface area contributed by atoms with Crippen molar-refractivity contribution in [3.05, 3.63) is 0 Å². The van der Waals surface area contributed by atoms with Crippen molar-refractivity contribution in [1.29, 1.82) is 0 Å². The molecule has 0 aliphatic heterocycles. The van der Waals surface area contributed by atoms with E-state index < -0.39 is 0 Å². The highest BCUT2D eigenvalue weighted by atomic mass is 16.5. The van der Waals surface area contributed by atoms with Gasteiger partial charge in [-0.05, 0) is 18.8 Å². The highest BCUT2D eigenvalue weighted by Gasteiger charge is 2.25. The van der Waals surface area contributed by atoms with Gasteiger partial charge in [-0.15, -0.1) is 0 Å². The predicted octanol–water partition coefficient (Wildman–Crippen LogP) is 0.936. The van der Waals surface area contributed by atoms with Crippen LogP contribution in [0.3, 0.4) is 0 Å². The Kier molecular flexibility index (Phi) is 6.52. The van der Waals surface area contributed by atoms with Crippen LogP contribution in [-0.4, -0.2) is 36.9 Å². The van der Waals surface area contributed by atoms with Crippen LogP contribution in [0.5, 0.6) is 0 Å². The molecule has 90 valence electrons.